The summed E-state index contributed by atoms with van der Waals surface area (Å²) in [5.74, 6) is 0.902. The van der Waals surface area contributed by atoms with Crippen LogP contribution in [0.5, 0.6) is 5.75 Å². The van der Waals surface area contributed by atoms with E-state index in [1.54, 1.807) is 0 Å². The third-order valence-corrected chi connectivity index (χ3v) is 5.11. The lowest BCUT2D eigenvalue weighted by Crippen LogP contribution is -2.28. The molecule has 0 unspecified atom stereocenters. The van der Waals surface area contributed by atoms with Crippen LogP contribution in [0.2, 0.25) is 0 Å². The third-order valence-electron chi connectivity index (χ3n) is 5.11. The number of aromatic nitrogens is 2. The van der Waals surface area contributed by atoms with E-state index in [1.165, 1.54) is 17.7 Å². The molecule has 142 valence electrons. The molecule has 3 heterocycles. The Morgan fingerprint density at radius 3 is 2.89 bits per heavy atom. The highest BCUT2D eigenvalue weighted by Gasteiger charge is 2.20. The van der Waals surface area contributed by atoms with Crippen LogP contribution in [0.4, 0.5) is 0 Å². The molecule has 1 fully saturated rings. The quantitative estimate of drug-likeness (QED) is 0.752. The van der Waals surface area contributed by atoms with Crippen molar-refractivity contribution in [2.24, 2.45) is 0 Å². The van der Waals surface area contributed by atoms with Crippen LogP contribution in [0.25, 0.3) is 16.9 Å². The highest BCUT2D eigenvalue weighted by atomic mass is 16.5. The van der Waals surface area contributed by atoms with E-state index in [4.69, 9.17) is 9.72 Å². The average molecular weight is 364 g/mol. The first-order valence-corrected chi connectivity index (χ1v) is 9.89. The van der Waals surface area contributed by atoms with Gasteiger partial charge in [-0.25, -0.2) is 4.98 Å². The first-order valence-electron chi connectivity index (χ1n) is 9.89. The molecule has 0 spiro atoms. The molecule has 5 nitrogen and oxygen atoms in total. The van der Waals surface area contributed by atoms with Gasteiger partial charge >= 0.3 is 0 Å². The zero-order valence-corrected chi connectivity index (χ0v) is 16.2. The highest BCUT2D eigenvalue weighted by molar-refractivity contribution is 5.72. The number of pyridine rings is 1. The first-order chi connectivity index (χ1) is 13.3. The van der Waals surface area contributed by atoms with E-state index < -0.39 is 0 Å². The number of fused-ring (bicyclic) bond motifs is 1. The van der Waals surface area contributed by atoms with Gasteiger partial charge in [0.25, 0.3) is 0 Å². The Morgan fingerprint density at radius 2 is 2.00 bits per heavy atom. The second-order valence-electron chi connectivity index (χ2n) is 7.15. The predicted octanol–water partition coefficient (Wildman–Crippen LogP) is 3.50. The van der Waals surface area contributed by atoms with E-state index >= 15 is 0 Å². The molecule has 0 atom stereocenters. The van der Waals surface area contributed by atoms with Crippen molar-refractivity contribution in [3.8, 4) is 17.0 Å². The van der Waals surface area contributed by atoms with Crippen LogP contribution >= 0.6 is 0 Å². The first kappa shape index (κ1) is 18.0. The second-order valence-corrected chi connectivity index (χ2v) is 7.15. The number of aryl methyl sites for hydroxylation is 1. The Balaban J connectivity index is 1.82. The smallest absolute Gasteiger partial charge is 0.137 e. The van der Waals surface area contributed by atoms with E-state index in [-0.39, 0.29) is 0 Å². The molecule has 0 bridgehead atoms. The van der Waals surface area contributed by atoms with Gasteiger partial charge in [0.2, 0.25) is 0 Å². The molecule has 4 rings (SSSR count). The highest BCUT2D eigenvalue weighted by Crippen LogP contribution is 2.33. The van der Waals surface area contributed by atoms with Crippen LogP contribution in [-0.2, 0) is 6.54 Å². The fraction of sp³-hybridized carbons (Fsp3) is 0.409. The molecule has 1 aliphatic heterocycles. The average Bonchev–Trinajstić information content (AvgIpc) is 2.84. The van der Waals surface area contributed by atoms with Gasteiger partial charge in [-0.1, -0.05) is 18.2 Å². The van der Waals surface area contributed by atoms with Gasteiger partial charge in [0.15, 0.2) is 0 Å². The van der Waals surface area contributed by atoms with Crippen LogP contribution < -0.4 is 10.1 Å². The van der Waals surface area contributed by atoms with Gasteiger partial charge in [-0.3, -0.25) is 4.90 Å². The van der Waals surface area contributed by atoms with E-state index in [0.717, 1.165) is 55.4 Å². The number of rotatable bonds is 5. The summed E-state index contributed by atoms with van der Waals surface area (Å²) >= 11 is 0. The minimum absolute atomic E-state index is 0.649. The fourth-order valence-electron chi connectivity index (χ4n) is 3.78. The maximum absolute atomic E-state index is 5.90. The topological polar surface area (TPSA) is 41.8 Å². The Morgan fingerprint density at radius 1 is 1.11 bits per heavy atom. The monoisotopic (exact) mass is 364 g/mol. The molecular weight excluding hydrogens is 336 g/mol. The molecule has 0 amide bonds. The Hall–Kier alpha value is -2.37. The Bertz CT molecular complexity index is 910. The number of benzene rings is 1. The molecule has 0 radical (unpaired) electrons. The number of hydrogen-bond acceptors (Lipinski definition) is 4. The standard InChI is InChI=1S/C22H28N4O/c1-3-27-20-8-5-4-7-18(20)22-19(16-25-13-6-11-23-12-14-25)26-15-17(2)9-10-21(26)24-22/h4-5,7-10,15,23H,3,6,11-14,16H2,1-2H3. The van der Waals surface area contributed by atoms with Gasteiger partial charge in [-0.05, 0) is 57.1 Å². The van der Waals surface area contributed by atoms with Crippen molar-refractivity contribution < 1.29 is 4.74 Å². The van der Waals surface area contributed by atoms with Crippen molar-refractivity contribution >= 4 is 5.65 Å². The molecule has 2 aromatic heterocycles. The Labute approximate surface area is 161 Å². The number of nitrogens with one attached hydrogen (secondary N) is 1. The van der Waals surface area contributed by atoms with Crippen LogP contribution in [0.1, 0.15) is 24.6 Å². The summed E-state index contributed by atoms with van der Waals surface area (Å²) in [5, 5.41) is 3.49. The summed E-state index contributed by atoms with van der Waals surface area (Å²) in [6.45, 7) is 10.0. The normalized spacial score (nSPS) is 15.8. The van der Waals surface area contributed by atoms with Gasteiger partial charge in [-0.15, -0.1) is 0 Å². The summed E-state index contributed by atoms with van der Waals surface area (Å²) in [6, 6.07) is 12.5. The summed E-state index contributed by atoms with van der Waals surface area (Å²) < 4.78 is 8.16. The van der Waals surface area contributed by atoms with Gasteiger partial charge < -0.3 is 14.5 Å². The van der Waals surface area contributed by atoms with Gasteiger partial charge in [0.05, 0.1) is 18.0 Å². The maximum Gasteiger partial charge on any atom is 0.137 e. The van der Waals surface area contributed by atoms with Gasteiger partial charge in [0.1, 0.15) is 11.4 Å². The number of nitrogens with zero attached hydrogens (tertiary/aromatic N) is 3. The zero-order valence-electron chi connectivity index (χ0n) is 16.2. The van der Waals surface area contributed by atoms with Crippen molar-refractivity contribution in [2.45, 2.75) is 26.8 Å². The predicted molar refractivity (Wildman–Crippen MR) is 109 cm³/mol. The maximum atomic E-state index is 5.90. The second kappa shape index (κ2) is 8.11. The van der Waals surface area contributed by atoms with E-state index in [1.807, 2.05) is 19.1 Å². The number of ether oxygens (including phenoxy) is 1. The lowest BCUT2D eigenvalue weighted by molar-refractivity contribution is 0.280. The van der Waals surface area contributed by atoms with Crippen molar-refractivity contribution in [1.82, 2.24) is 19.6 Å². The lowest BCUT2D eigenvalue weighted by Gasteiger charge is -2.20. The summed E-state index contributed by atoms with van der Waals surface area (Å²) in [6.07, 6.45) is 3.38. The van der Waals surface area contributed by atoms with E-state index in [2.05, 4.69) is 52.0 Å². The molecule has 1 saturated heterocycles. The largest absolute Gasteiger partial charge is 0.493 e. The third kappa shape index (κ3) is 3.84. The van der Waals surface area contributed by atoms with Gasteiger partial charge in [-0.2, -0.15) is 0 Å². The number of imidazole rings is 1. The van der Waals surface area contributed by atoms with E-state index in [9.17, 15) is 0 Å². The van der Waals surface area contributed by atoms with Crippen LogP contribution in [0.15, 0.2) is 42.6 Å². The SMILES string of the molecule is CCOc1ccccc1-c1nc2ccc(C)cn2c1CN1CCCNCC1. The van der Waals surface area contributed by atoms with E-state index in [0.29, 0.717) is 6.61 Å². The molecule has 5 heteroatoms. The Kier molecular flexibility index (Phi) is 5.41. The molecular formula is C22H28N4O. The summed E-state index contributed by atoms with van der Waals surface area (Å²) in [5.41, 5.74) is 5.57. The molecule has 1 aromatic carbocycles. The molecule has 1 N–H and O–H groups in total. The summed E-state index contributed by atoms with van der Waals surface area (Å²) in [7, 11) is 0. The van der Waals surface area contributed by atoms with Crippen LogP contribution in [0, 0.1) is 6.92 Å². The molecule has 0 saturated carbocycles. The zero-order chi connectivity index (χ0) is 18.6. The summed E-state index contributed by atoms with van der Waals surface area (Å²) in [4.78, 5) is 7.52. The molecule has 3 aromatic rings. The fourth-order valence-corrected chi connectivity index (χ4v) is 3.78. The van der Waals surface area contributed by atoms with Gasteiger partial charge in [0, 0.05) is 31.4 Å². The minimum atomic E-state index is 0.649. The van der Waals surface area contributed by atoms with Crippen molar-refractivity contribution in [3.63, 3.8) is 0 Å². The van der Waals surface area contributed by atoms with Crippen molar-refractivity contribution in [1.29, 1.82) is 0 Å². The molecule has 1 aliphatic rings. The molecule has 0 aliphatic carbocycles. The van der Waals surface area contributed by atoms with Crippen LogP contribution in [0.3, 0.4) is 0 Å². The van der Waals surface area contributed by atoms with Crippen molar-refractivity contribution in [2.75, 3.05) is 32.8 Å². The van der Waals surface area contributed by atoms with Crippen molar-refractivity contribution in [3.05, 3.63) is 53.9 Å². The minimum Gasteiger partial charge on any atom is -0.493 e. The lowest BCUT2D eigenvalue weighted by atomic mass is 10.1. The number of para-hydroxylation sites is 1. The van der Waals surface area contributed by atoms with Crippen LogP contribution in [-0.4, -0.2) is 47.1 Å². The number of hydrogen-bond donors (Lipinski definition) is 1. The molecule has 27 heavy (non-hydrogen) atoms.